The minimum atomic E-state index is -1.29. The Morgan fingerprint density at radius 2 is 1.46 bits per heavy atom. The standard InChI is InChI=1S/C4H7NO4.Be.3FH.2H/c5-2(4(8)9)1-3(6)7;;;;;;/h2H,1,5H2,(H,6,7)(H,8,9);;3*1H;;. The maximum atomic E-state index is 9.85. The molecule has 0 aromatic rings. The van der Waals surface area contributed by atoms with E-state index in [9.17, 15) is 9.59 Å². The van der Waals surface area contributed by atoms with Crippen molar-refractivity contribution in [2.24, 2.45) is 5.73 Å². The molecule has 1 unspecified atom stereocenters. The molecular formula is C4H12BeF3NO4. The molecule has 13 heavy (non-hydrogen) atoms. The fraction of sp³-hybridized carbons (Fsp3) is 0.500. The Morgan fingerprint density at radius 1 is 1.15 bits per heavy atom. The van der Waals surface area contributed by atoms with Gasteiger partial charge in [-0.05, 0) is 0 Å². The number of rotatable bonds is 3. The van der Waals surface area contributed by atoms with Gasteiger partial charge in [0.15, 0.2) is 0 Å². The predicted molar refractivity (Wildman–Crippen MR) is 43.9 cm³/mol. The fourth-order valence-corrected chi connectivity index (χ4v) is 0.275. The summed E-state index contributed by atoms with van der Waals surface area (Å²) in [5.74, 6) is -2.50. The van der Waals surface area contributed by atoms with Crippen LogP contribution >= 0.6 is 0 Å². The number of carboxylic acid groups (broad SMARTS) is 2. The van der Waals surface area contributed by atoms with Crippen molar-refractivity contribution < 1.29 is 33.9 Å². The van der Waals surface area contributed by atoms with Crippen molar-refractivity contribution >= 4 is 22.1 Å². The van der Waals surface area contributed by atoms with Crippen molar-refractivity contribution in [2.75, 3.05) is 0 Å². The second kappa shape index (κ2) is 13.4. The van der Waals surface area contributed by atoms with E-state index < -0.39 is 24.4 Å². The first-order chi connectivity index (χ1) is 4.04. The first-order valence-electron chi connectivity index (χ1n) is 2.24. The molecule has 0 fully saturated rings. The van der Waals surface area contributed by atoms with Crippen molar-refractivity contribution in [3.63, 3.8) is 0 Å². The van der Waals surface area contributed by atoms with Crippen molar-refractivity contribution in [1.29, 1.82) is 0 Å². The van der Waals surface area contributed by atoms with Crippen LogP contribution in [-0.4, -0.2) is 38.3 Å². The summed E-state index contributed by atoms with van der Waals surface area (Å²) in [5.41, 5.74) is 4.84. The summed E-state index contributed by atoms with van der Waals surface area (Å²) in [6.07, 6.45) is -0.532. The molecule has 0 aromatic heterocycles. The summed E-state index contributed by atoms with van der Waals surface area (Å²) in [6.45, 7) is 0. The van der Waals surface area contributed by atoms with Crippen LogP contribution in [0, 0.1) is 0 Å². The molecule has 5 nitrogen and oxygen atoms in total. The quantitative estimate of drug-likeness (QED) is 0.481. The summed E-state index contributed by atoms with van der Waals surface area (Å²) in [5, 5.41) is 16.0. The van der Waals surface area contributed by atoms with Gasteiger partial charge in [-0.3, -0.25) is 23.7 Å². The monoisotopic (exact) mass is 204 g/mol. The number of aliphatic carboxylic acids is 2. The van der Waals surface area contributed by atoms with Crippen molar-refractivity contribution in [2.45, 2.75) is 12.5 Å². The molecule has 80 valence electrons. The van der Waals surface area contributed by atoms with E-state index in [0.717, 1.165) is 0 Å². The van der Waals surface area contributed by atoms with Gasteiger partial charge in [0, 0.05) is 0 Å². The predicted octanol–water partition coefficient (Wildman–Crippen LogP) is -1.59. The van der Waals surface area contributed by atoms with E-state index >= 15 is 0 Å². The van der Waals surface area contributed by atoms with E-state index in [-0.39, 0.29) is 24.2 Å². The zero-order chi connectivity index (χ0) is 7.44. The zero-order valence-corrected chi connectivity index (χ0v) is 5.80. The fourth-order valence-electron chi connectivity index (χ4n) is 0.275. The van der Waals surface area contributed by atoms with E-state index in [4.69, 9.17) is 15.9 Å². The second-order valence-electron chi connectivity index (χ2n) is 1.54. The van der Waals surface area contributed by atoms with Gasteiger partial charge >= 0.3 is 22.1 Å². The third kappa shape index (κ3) is 18.1. The molecule has 4 N–H and O–H groups in total. The summed E-state index contributed by atoms with van der Waals surface area (Å²) in [4.78, 5) is 19.6. The van der Waals surface area contributed by atoms with Crippen LogP contribution in [0.2, 0.25) is 0 Å². The molecular weight excluding hydrogens is 192 g/mol. The second-order valence-corrected chi connectivity index (χ2v) is 1.54. The first-order valence-corrected chi connectivity index (χ1v) is 2.24. The first kappa shape index (κ1) is 29.7. The van der Waals surface area contributed by atoms with Crippen LogP contribution in [-0.2, 0) is 9.59 Å². The molecule has 1 atom stereocenters. The van der Waals surface area contributed by atoms with Crippen LogP contribution < -0.4 is 5.73 Å². The van der Waals surface area contributed by atoms with Gasteiger partial charge in [-0.2, -0.15) is 0 Å². The van der Waals surface area contributed by atoms with Gasteiger partial charge in [-0.1, -0.05) is 0 Å². The van der Waals surface area contributed by atoms with E-state index in [1.54, 1.807) is 0 Å². The topological polar surface area (TPSA) is 101 Å². The van der Waals surface area contributed by atoms with Gasteiger partial charge in [0.05, 0.1) is 6.42 Å². The van der Waals surface area contributed by atoms with Crippen molar-refractivity contribution in [3.05, 3.63) is 0 Å². The average Bonchev–Trinajstić information content (AvgIpc) is 1.63. The molecule has 0 radical (unpaired) electrons. The summed E-state index contributed by atoms with van der Waals surface area (Å²) >= 11 is 0. The third-order valence-electron chi connectivity index (χ3n) is 0.712. The Hall–Kier alpha value is -1.14. The summed E-state index contributed by atoms with van der Waals surface area (Å²) in [6, 6.07) is -1.29. The number of carbonyl (C=O) groups is 2. The Bertz CT molecular complexity index is 147. The van der Waals surface area contributed by atoms with Crippen molar-refractivity contribution in [3.8, 4) is 0 Å². The Kier molecular flexibility index (Phi) is 30.8. The number of hydrogen-bond acceptors (Lipinski definition) is 3. The molecule has 0 spiro atoms. The number of carboxylic acids is 2. The molecule has 0 saturated carbocycles. The normalized spacial score (nSPS) is 8.69. The number of hydrogen-bond donors (Lipinski definition) is 3. The van der Waals surface area contributed by atoms with Crippen LogP contribution in [0.1, 0.15) is 6.42 Å². The third-order valence-corrected chi connectivity index (χ3v) is 0.712. The maximum absolute atomic E-state index is 9.85. The Labute approximate surface area is 75.2 Å². The van der Waals surface area contributed by atoms with Gasteiger partial charge in [-0.15, -0.1) is 0 Å². The molecule has 0 heterocycles. The summed E-state index contributed by atoms with van der Waals surface area (Å²) in [7, 11) is 0. The van der Waals surface area contributed by atoms with Gasteiger partial charge in [-0.25, -0.2) is 0 Å². The van der Waals surface area contributed by atoms with E-state index in [1.165, 1.54) is 0 Å². The molecule has 0 saturated heterocycles. The van der Waals surface area contributed by atoms with Crippen LogP contribution in [0.5, 0.6) is 0 Å². The average molecular weight is 204 g/mol. The van der Waals surface area contributed by atoms with E-state index in [2.05, 4.69) is 0 Å². The summed E-state index contributed by atoms with van der Waals surface area (Å²) < 4.78 is 0. The minimum absolute atomic E-state index is 0. The SMILES string of the molecule is F.F.F.NC(CC(=O)O)C(=O)O.[BeH2]. The van der Waals surface area contributed by atoms with Gasteiger partial charge in [0.2, 0.25) is 0 Å². The molecule has 0 aliphatic rings. The number of nitrogens with two attached hydrogens (primary N) is 1. The molecule has 0 rings (SSSR count). The van der Waals surface area contributed by atoms with E-state index in [1.807, 2.05) is 0 Å². The molecule has 0 aliphatic heterocycles. The van der Waals surface area contributed by atoms with Gasteiger partial charge < -0.3 is 15.9 Å². The number of halogens is 3. The Morgan fingerprint density at radius 3 is 1.54 bits per heavy atom. The zero-order valence-electron chi connectivity index (χ0n) is 5.80. The van der Waals surface area contributed by atoms with Crippen molar-refractivity contribution in [1.82, 2.24) is 0 Å². The molecule has 0 aliphatic carbocycles. The van der Waals surface area contributed by atoms with Gasteiger partial charge in [0.1, 0.15) is 6.04 Å². The van der Waals surface area contributed by atoms with Crippen LogP contribution in [0.15, 0.2) is 0 Å². The van der Waals surface area contributed by atoms with Gasteiger partial charge in [0.25, 0.3) is 0 Å². The van der Waals surface area contributed by atoms with Crippen LogP contribution in [0.3, 0.4) is 0 Å². The van der Waals surface area contributed by atoms with Crippen LogP contribution in [0.25, 0.3) is 0 Å². The molecule has 0 amide bonds. The Balaban J connectivity index is -0.0000000533. The van der Waals surface area contributed by atoms with Crippen LogP contribution in [0.4, 0.5) is 14.1 Å². The molecule has 9 heteroatoms. The molecule has 0 bridgehead atoms. The van der Waals surface area contributed by atoms with E-state index in [0.29, 0.717) is 0 Å². The molecule has 0 aromatic carbocycles.